The molecule has 0 aromatic heterocycles. The van der Waals surface area contributed by atoms with E-state index in [1.807, 2.05) is 0 Å². The highest BCUT2D eigenvalue weighted by Crippen LogP contribution is 2.33. The Bertz CT molecular complexity index is 344. The van der Waals surface area contributed by atoms with Crippen molar-refractivity contribution in [3.8, 4) is 5.75 Å². The molecular weight excluding hydrogens is 215 g/mol. The van der Waals surface area contributed by atoms with Crippen LogP contribution in [0.1, 0.15) is 39.5 Å². The first-order valence-electron chi connectivity index (χ1n) is 6.59. The zero-order valence-corrected chi connectivity index (χ0v) is 10.7. The Hall–Kier alpha value is -1.05. The van der Waals surface area contributed by atoms with E-state index in [2.05, 4.69) is 13.8 Å². The van der Waals surface area contributed by atoms with Crippen molar-refractivity contribution in [1.29, 1.82) is 0 Å². The number of ether oxygens (including phenoxy) is 1. The highest BCUT2D eigenvalue weighted by atomic mass is 19.1. The van der Waals surface area contributed by atoms with E-state index < -0.39 is 0 Å². The molecule has 1 aliphatic carbocycles. The third-order valence-electron chi connectivity index (χ3n) is 3.71. The molecule has 0 amide bonds. The molecule has 2 atom stereocenters. The van der Waals surface area contributed by atoms with Crippen LogP contribution in [-0.4, -0.2) is 6.10 Å². The van der Waals surface area contributed by atoms with Crippen LogP contribution in [0.15, 0.2) is 24.3 Å². The molecule has 1 nitrogen and oxygen atoms in total. The molecule has 1 aromatic carbocycles. The quantitative estimate of drug-likeness (QED) is 0.755. The topological polar surface area (TPSA) is 9.23 Å². The molecule has 17 heavy (non-hydrogen) atoms. The van der Waals surface area contributed by atoms with Crippen LogP contribution in [0, 0.1) is 17.7 Å². The SMILES string of the molecule is CC(C)[C@@H]1CCCC[C@H]1Oc1ccc(F)cc1. The lowest BCUT2D eigenvalue weighted by molar-refractivity contribution is 0.0662. The summed E-state index contributed by atoms with van der Waals surface area (Å²) < 4.78 is 18.8. The molecule has 0 bridgehead atoms. The van der Waals surface area contributed by atoms with Crippen LogP contribution in [-0.2, 0) is 0 Å². The Morgan fingerprint density at radius 1 is 1.12 bits per heavy atom. The van der Waals surface area contributed by atoms with Crippen LogP contribution in [0.2, 0.25) is 0 Å². The zero-order chi connectivity index (χ0) is 12.3. The third-order valence-corrected chi connectivity index (χ3v) is 3.71. The molecule has 0 saturated heterocycles. The van der Waals surface area contributed by atoms with E-state index in [1.54, 1.807) is 12.1 Å². The van der Waals surface area contributed by atoms with Crippen molar-refractivity contribution in [3.05, 3.63) is 30.1 Å². The lowest BCUT2D eigenvalue weighted by atomic mass is 9.79. The molecule has 1 aliphatic rings. The van der Waals surface area contributed by atoms with Gasteiger partial charge in [0.1, 0.15) is 17.7 Å². The maximum absolute atomic E-state index is 12.8. The van der Waals surface area contributed by atoms with Gasteiger partial charge in [0.25, 0.3) is 0 Å². The van der Waals surface area contributed by atoms with Gasteiger partial charge in [-0.15, -0.1) is 0 Å². The van der Waals surface area contributed by atoms with E-state index in [1.165, 1.54) is 31.4 Å². The number of halogens is 1. The van der Waals surface area contributed by atoms with Gasteiger partial charge in [-0.1, -0.05) is 20.3 Å². The summed E-state index contributed by atoms with van der Waals surface area (Å²) in [6, 6.07) is 6.37. The Labute approximate surface area is 103 Å². The summed E-state index contributed by atoms with van der Waals surface area (Å²) in [4.78, 5) is 0. The smallest absolute Gasteiger partial charge is 0.123 e. The first-order chi connectivity index (χ1) is 8.16. The third kappa shape index (κ3) is 3.21. The second-order valence-corrected chi connectivity index (χ2v) is 5.30. The van der Waals surface area contributed by atoms with Crippen molar-refractivity contribution in [2.45, 2.75) is 45.6 Å². The summed E-state index contributed by atoms with van der Waals surface area (Å²) in [5.41, 5.74) is 0. The van der Waals surface area contributed by atoms with E-state index in [9.17, 15) is 4.39 Å². The van der Waals surface area contributed by atoms with E-state index >= 15 is 0 Å². The van der Waals surface area contributed by atoms with Crippen molar-refractivity contribution < 1.29 is 9.13 Å². The molecule has 94 valence electrons. The van der Waals surface area contributed by atoms with Crippen molar-refractivity contribution in [3.63, 3.8) is 0 Å². The molecule has 0 unspecified atom stereocenters. The van der Waals surface area contributed by atoms with Crippen LogP contribution in [0.4, 0.5) is 4.39 Å². The van der Waals surface area contributed by atoms with E-state index in [4.69, 9.17) is 4.74 Å². The van der Waals surface area contributed by atoms with Crippen molar-refractivity contribution >= 4 is 0 Å². The molecule has 0 heterocycles. The molecule has 1 saturated carbocycles. The summed E-state index contributed by atoms with van der Waals surface area (Å²) in [5.74, 6) is 1.87. The Balaban J connectivity index is 2.02. The van der Waals surface area contributed by atoms with Gasteiger partial charge in [0, 0.05) is 0 Å². The lowest BCUT2D eigenvalue weighted by Crippen LogP contribution is -2.33. The molecule has 2 rings (SSSR count). The second-order valence-electron chi connectivity index (χ2n) is 5.30. The van der Waals surface area contributed by atoms with E-state index in [-0.39, 0.29) is 5.82 Å². The van der Waals surface area contributed by atoms with E-state index in [0.29, 0.717) is 17.9 Å². The van der Waals surface area contributed by atoms with Gasteiger partial charge in [-0.05, 0) is 55.4 Å². The number of hydrogen-bond donors (Lipinski definition) is 0. The molecule has 0 spiro atoms. The van der Waals surface area contributed by atoms with Crippen molar-refractivity contribution in [1.82, 2.24) is 0 Å². The van der Waals surface area contributed by atoms with Gasteiger partial charge in [-0.2, -0.15) is 0 Å². The molecule has 1 aromatic rings. The van der Waals surface area contributed by atoms with Crippen LogP contribution in [0.5, 0.6) is 5.75 Å². The monoisotopic (exact) mass is 236 g/mol. The second kappa shape index (κ2) is 5.52. The molecule has 0 aliphatic heterocycles. The summed E-state index contributed by atoms with van der Waals surface area (Å²) in [5, 5.41) is 0. The lowest BCUT2D eigenvalue weighted by Gasteiger charge is -2.34. The maximum Gasteiger partial charge on any atom is 0.123 e. The van der Waals surface area contributed by atoms with Crippen LogP contribution < -0.4 is 4.74 Å². The fraction of sp³-hybridized carbons (Fsp3) is 0.600. The fourth-order valence-corrected chi connectivity index (χ4v) is 2.72. The van der Waals surface area contributed by atoms with Gasteiger partial charge >= 0.3 is 0 Å². The minimum atomic E-state index is -0.207. The molecule has 2 heteroatoms. The van der Waals surface area contributed by atoms with Crippen LogP contribution >= 0.6 is 0 Å². The summed E-state index contributed by atoms with van der Waals surface area (Å²) in [6.07, 6.45) is 5.24. The predicted octanol–water partition coefficient (Wildman–Crippen LogP) is 4.42. The van der Waals surface area contributed by atoms with Gasteiger partial charge in [-0.3, -0.25) is 0 Å². The van der Waals surface area contributed by atoms with Gasteiger partial charge in [0.2, 0.25) is 0 Å². The maximum atomic E-state index is 12.8. The first-order valence-corrected chi connectivity index (χ1v) is 6.59. The summed E-state index contributed by atoms with van der Waals surface area (Å²) >= 11 is 0. The number of rotatable bonds is 3. The highest BCUT2D eigenvalue weighted by Gasteiger charge is 2.28. The molecular formula is C15H21FO. The van der Waals surface area contributed by atoms with Crippen molar-refractivity contribution in [2.75, 3.05) is 0 Å². The van der Waals surface area contributed by atoms with Crippen LogP contribution in [0.3, 0.4) is 0 Å². The molecule has 0 radical (unpaired) electrons. The fourth-order valence-electron chi connectivity index (χ4n) is 2.72. The zero-order valence-electron chi connectivity index (χ0n) is 10.7. The standard InChI is InChI=1S/C15H21FO/c1-11(2)14-5-3-4-6-15(14)17-13-9-7-12(16)8-10-13/h7-11,14-15H,3-6H2,1-2H3/t14-,15+/m0/s1. The van der Waals surface area contributed by atoms with Gasteiger partial charge in [0.05, 0.1) is 0 Å². The Morgan fingerprint density at radius 3 is 2.41 bits per heavy atom. The largest absolute Gasteiger partial charge is 0.490 e. The molecule has 0 N–H and O–H groups in total. The minimum absolute atomic E-state index is 0.207. The predicted molar refractivity (Wildman–Crippen MR) is 67.6 cm³/mol. The van der Waals surface area contributed by atoms with Gasteiger partial charge in [0.15, 0.2) is 0 Å². The average Bonchev–Trinajstić information content (AvgIpc) is 2.32. The first kappa shape index (κ1) is 12.4. The molecule has 1 fully saturated rings. The van der Waals surface area contributed by atoms with Gasteiger partial charge < -0.3 is 4.74 Å². The normalized spacial score (nSPS) is 24.9. The summed E-state index contributed by atoms with van der Waals surface area (Å²) in [6.45, 7) is 4.52. The Kier molecular flexibility index (Phi) is 4.03. The minimum Gasteiger partial charge on any atom is -0.490 e. The Morgan fingerprint density at radius 2 is 1.76 bits per heavy atom. The summed E-state index contributed by atoms with van der Waals surface area (Å²) in [7, 11) is 0. The number of hydrogen-bond acceptors (Lipinski definition) is 1. The van der Waals surface area contributed by atoms with E-state index in [0.717, 1.165) is 12.2 Å². The average molecular weight is 236 g/mol. The number of benzene rings is 1. The van der Waals surface area contributed by atoms with Gasteiger partial charge in [-0.25, -0.2) is 4.39 Å². The highest BCUT2D eigenvalue weighted by molar-refractivity contribution is 5.22. The van der Waals surface area contributed by atoms with Crippen LogP contribution in [0.25, 0.3) is 0 Å². The van der Waals surface area contributed by atoms with Crippen molar-refractivity contribution in [2.24, 2.45) is 11.8 Å².